The van der Waals surface area contributed by atoms with Crippen molar-refractivity contribution in [2.45, 2.75) is 25.2 Å². The van der Waals surface area contributed by atoms with Crippen molar-refractivity contribution in [3.05, 3.63) is 35.7 Å². The van der Waals surface area contributed by atoms with E-state index in [2.05, 4.69) is 39.1 Å². The lowest BCUT2D eigenvalue weighted by atomic mass is 10.2. The number of thioether (sulfide) groups is 1. The predicted molar refractivity (Wildman–Crippen MR) is 85.5 cm³/mol. The minimum absolute atomic E-state index is 0.653. The van der Waals surface area contributed by atoms with Crippen LogP contribution in [0.4, 0.5) is 17.3 Å². The summed E-state index contributed by atoms with van der Waals surface area (Å²) in [5, 5.41) is 3.32. The summed E-state index contributed by atoms with van der Waals surface area (Å²) in [4.78, 5) is 10.1. The second kappa shape index (κ2) is 6.58. The summed E-state index contributed by atoms with van der Waals surface area (Å²) in [5.74, 6) is 7.69. The summed E-state index contributed by atoms with van der Waals surface area (Å²) in [6, 6.07) is 8.22. The monoisotopic (exact) mass is 289 g/mol. The van der Waals surface area contributed by atoms with Crippen LogP contribution in [0, 0.1) is 6.92 Å². The first-order chi connectivity index (χ1) is 9.67. The van der Waals surface area contributed by atoms with Crippen LogP contribution in [-0.4, -0.2) is 16.2 Å². The van der Waals surface area contributed by atoms with E-state index in [9.17, 15) is 0 Å². The van der Waals surface area contributed by atoms with E-state index in [0.717, 1.165) is 29.3 Å². The van der Waals surface area contributed by atoms with Gasteiger partial charge in [-0.3, -0.25) is 0 Å². The minimum Gasteiger partial charge on any atom is -0.340 e. The van der Waals surface area contributed by atoms with Gasteiger partial charge in [-0.05, 0) is 37.4 Å². The van der Waals surface area contributed by atoms with Crippen molar-refractivity contribution >= 4 is 29.1 Å². The molecule has 0 radical (unpaired) electrons. The number of hydrogen-bond donors (Lipinski definition) is 3. The fourth-order valence-corrected chi connectivity index (χ4v) is 2.20. The molecular formula is C14H19N5S. The van der Waals surface area contributed by atoms with Crippen molar-refractivity contribution in [3.63, 3.8) is 0 Å². The van der Waals surface area contributed by atoms with Crippen LogP contribution in [-0.2, 0) is 6.42 Å². The Balaban J connectivity index is 2.31. The molecule has 0 unspecified atom stereocenters. The molecule has 4 N–H and O–H groups in total. The van der Waals surface area contributed by atoms with E-state index in [1.807, 2.05) is 26.0 Å². The number of rotatable bonds is 5. The molecule has 0 aliphatic heterocycles. The molecular weight excluding hydrogens is 270 g/mol. The Bertz CT molecular complexity index is 583. The third-order valence-electron chi connectivity index (χ3n) is 3.00. The predicted octanol–water partition coefficient (Wildman–Crippen LogP) is 3.10. The fourth-order valence-electron chi connectivity index (χ4n) is 1.79. The van der Waals surface area contributed by atoms with Crippen molar-refractivity contribution in [2.75, 3.05) is 17.0 Å². The van der Waals surface area contributed by atoms with E-state index < -0.39 is 0 Å². The maximum absolute atomic E-state index is 5.50. The molecule has 6 heteroatoms. The van der Waals surface area contributed by atoms with Crippen LogP contribution < -0.4 is 16.6 Å². The van der Waals surface area contributed by atoms with E-state index in [-0.39, 0.29) is 0 Å². The summed E-state index contributed by atoms with van der Waals surface area (Å²) in [6.45, 7) is 3.95. The van der Waals surface area contributed by atoms with Crippen molar-refractivity contribution < 1.29 is 0 Å². The molecule has 5 nitrogen and oxygen atoms in total. The average molecular weight is 289 g/mol. The highest BCUT2D eigenvalue weighted by atomic mass is 32.2. The van der Waals surface area contributed by atoms with Crippen LogP contribution in [0.1, 0.15) is 18.3 Å². The molecule has 106 valence electrons. The van der Waals surface area contributed by atoms with Crippen molar-refractivity contribution in [3.8, 4) is 0 Å². The van der Waals surface area contributed by atoms with Crippen LogP contribution in [0.5, 0.6) is 0 Å². The summed E-state index contributed by atoms with van der Waals surface area (Å²) < 4.78 is 0. The molecule has 2 rings (SSSR count). The number of nitrogens with one attached hydrogen (secondary N) is 2. The van der Waals surface area contributed by atoms with Gasteiger partial charge in [0.25, 0.3) is 0 Å². The van der Waals surface area contributed by atoms with E-state index >= 15 is 0 Å². The van der Waals surface area contributed by atoms with Gasteiger partial charge in [-0.25, -0.2) is 15.8 Å². The smallest absolute Gasteiger partial charge is 0.148 e. The molecule has 0 bridgehead atoms. The Morgan fingerprint density at radius 3 is 2.35 bits per heavy atom. The molecule has 0 aliphatic rings. The highest BCUT2D eigenvalue weighted by Crippen LogP contribution is 2.24. The topological polar surface area (TPSA) is 75.9 Å². The summed E-state index contributed by atoms with van der Waals surface area (Å²) in [5.41, 5.74) is 4.52. The fraction of sp³-hybridized carbons (Fsp3) is 0.286. The number of benzene rings is 1. The lowest BCUT2D eigenvalue weighted by Crippen LogP contribution is -2.13. The highest BCUT2D eigenvalue weighted by molar-refractivity contribution is 7.98. The highest BCUT2D eigenvalue weighted by Gasteiger charge is 2.09. The molecule has 1 heterocycles. The summed E-state index contributed by atoms with van der Waals surface area (Å²) in [6.07, 6.45) is 2.82. The maximum Gasteiger partial charge on any atom is 0.148 e. The Morgan fingerprint density at radius 1 is 1.15 bits per heavy atom. The van der Waals surface area contributed by atoms with Gasteiger partial charge in [-0.2, -0.15) is 0 Å². The van der Waals surface area contributed by atoms with Crippen LogP contribution in [0.25, 0.3) is 0 Å². The molecule has 0 saturated heterocycles. The molecule has 0 aliphatic carbocycles. The number of nitrogens with zero attached hydrogens (tertiary/aromatic N) is 2. The van der Waals surface area contributed by atoms with Crippen LogP contribution in [0.3, 0.4) is 0 Å². The molecule has 1 aromatic heterocycles. The van der Waals surface area contributed by atoms with E-state index in [4.69, 9.17) is 5.84 Å². The number of hydrazine groups is 1. The molecule has 2 aromatic rings. The van der Waals surface area contributed by atoms with Crippen molar-refractivity contribution in [1.29, 1.82) is 0 Å². The SMILES string of the molecule is CCc1nc(NN)c(C)c(Nc2ccc(SC)cc2)n1. The second-order valence-corrected chi connectivity index (χ2v) is 5.19. The van der Waals surface area contributed by atoms with Gasteiger partial charge in [0.05, 0.1) is 0 Å². The van der Waals surface area contributed by atoms with E-state index in [0.29, 0.717) is 5.82 Å². The number of nitrogen functional groups attached to an aromatic ring is 1. The normalized spacial score (nSPS) is 10.4. The zero-order chi connectivity index (χ0) is 14.5. The molecule has 1 aromatic carbocycles. The standard InChI is InChI=1S/C14H19N5S/c1-4-12-17-13(9(2)14(18-12)19-15)16-10-5-7-11(20-3)8-6-10/h5-8H,4,15H2,1-3H3,(H2,16,17,18,19). The summed E-state index contributed by atoms with van der Waals surface area (Å²) in [7, 11) is 0. The van der Waals surface area contributed by atoms with Gasteiger partial charge in [-0.1, -0.05) is 6.92 Å². The van der Waals surface area contributed by atoms with Crippen LogP contribution in [0.2, 0.25) is 0 Å². The largest absolute Gasteiger partial charge is 0.340 e. The zero-order valence-electron chi connectivity index (χ0n) is 11.9. The molecule has 0 atom stereocenters. The Labute approximate surface area is 123 Å². The molecule has 0 amide bonds. The lowest BCUT2D eigenvalue weighted by Gasteiger charge is -2.13. The van der Waals surface area contributed by atoms with Gasteiger partial charge in [0, 0.05) is 22.6 Å². The first-order valence-electron chi connectivity index (χ1n) is 6.43. The number of aromatic nitrogens is 2. The van der Waals surface area contributed by atoms with E-state index in [1.54, 1.807) is 11.8 Å². The second-order valence-electron chi connectivity index (χ2n) is 4.31. The van der Waals surface area contributed by atoms with Gasteiger partial charge in [0.2, 0.25) is 0 Å². The number of aryl methyl sites for hydroxylation is 1. The third-order valence-corrected chi connectivity index (χ3v) is 3.74. The van der Waals surface area contributed by atoms with Gasteiger partial charge in [-0.15, -0.1) is 11.8 Å². The maximum atomic E-state index is 5.50. The lowest BCUT2D eigenvalue weighted by molar-refractivity contribution is 0.932. The average Bonchev–Trinajstić information content (AvgIpc) is 2.50. The Kier molecular flexibility index (Phi) is 4.81. The molecule has 0 spiro atoms. The molecule has 0 saturated carbocycles. The van der Waals surface area contributed by atoms with Crippen molar-refractivity contribution in [2.24, 2.45) is 5.84 Å². The Hall–Kier alpha value is -1.79. The molecule has 0 fully saturated rings. The number of hydrogen-bond acceptors (Lipinski definition) is 6. The zero-order valence-corrected chi connectivity index (χ0v) is 12.7. The van der Waals surface area contributed by atoms with Gasteiger partial charge < -0.3 is 10.7 Å². The summed E-state index contributed by atoms with van der Waals surface area (Å²) >= 11 is 1.72. The van der Waals surface area contributed by atoms with Gasteiger partial charge >= 0.3 is 0 Å². The Morgan fingerprint density at radius 2 is 1.80 bits per heavy atom. The third kappa shape index (κ3) is 3.20. The van der Waals surface area contributed by atoms with Crippen molar-refractivity contribution in [1.82, 2.24) is 9.97 Å². The van der Waals surface area contributed by atoms with Crippen LogP contribution in [0.15, 0.2) is 29.2 Å². The minimum atomic E-state index is 0.653. The first kappa shape index (κ1) is 14.6. The molecule has 20 heavy (non-hydrogen) atoms. The quantitative estimate of drug-likeness (QED) is 0.446. The van der Waals surface area contributed by atoms with Gasteiger partial charge in [0.15, 0.2) is 0 Å². The van der Waals surface area contributed by atoms with E-state index in [1.165, 1.54) is 4.90 Å². The number of nitrogens with two attached hydrogens (primary N) is 1. The number of anilines is 3. The van der Waals surface area contributed by atoms with Gasteiger partial charge in [0.1, 0.15) is 17.5 Å². The van der Waals surface area contributed by atoms with Crippen LogP contribution >= 0.6 is 11.8 Å². The first-order valence-corrected chi connectivity index (χ1v) is 7.65.